The normalized spacial score (nSPS) is 13.1. The molecule has 0 spiro atoms. The van der Waals surface area contributed by atoms with E-state index in [1.165, 1.54) is 38.5 Å². The standard InChI is InChI=1S/C25H45ClO5/c1-2-3-4-5-6-8-11-14-17-20-25(23(26)29,24(30)31)21-18-15-12-9-7-10-13-16-19-22(27)28/h2-21H2,1H3,(H,27,28)(H,30,31)/t25-/m0/s1. The van der Waals surface area contributed by atoms with Gasteiger partial charge >= 0.3 is 11.9 Å². The highest BCUT2D eigenvalue weighted by Crippen LogP contribution is 2.35. The molecule has 0 aromatic heterocycles. The number of aliphatic carboxylic acids is 2. The molecule has 0 saturated carbocycles. The molecule has 0 bridgehead atoms. The molecule has 0 amide bonds. The second kappa shape index (κ2) is 19.6. The van der Waals surface area contributed by atoms with E-state index in [0.717, 1.165) is 64.2 Å². The summed E-state index contributed by atoms with van der Waals surface area (Å²) in [6.45, 7) is 2.21. The Kier molecular flexibility index (Phi) is 18.9. The van der Waals surface area contributed by atoms with Crippen molar-refractivity contribution >= 4 is 28.8 Å². The van der Waals surface area contributed by atoms with Crippen molar-refractivity contribution in [1.29, 1.82) is 0 Å². The first-order chi connectivity index (χ1) is 14.9. The maximum atomic E-state index is 12.0. The highest BCUT2D eigenvalue weighted by Gasteiger charge is 2.43. The van der Waals surface area contributed by atoms with Crippen LogP contribution in [-0.4, -0.2) is 27.4 Å². The third-order valence-electron chi connectivity index (χ3n) is 6.24. The number of unbranched alkanes of at least 4 members (excludes halogenated alkanes) is 15. The summed E-state index contributed by atoms with van der Waals surface area (Å²) in [6.07, 6.45) is 18.6. The highest BCUT2D eigenvalue weighted by molar-refractivity contribution is 6.66. The van der Waals surface area contributed by atoms with Crippen LogP contribution in [0.3, 0.4) is 0 Å². The average molecular weight is 461 g/mol. The van der Waals surface area contributed by atoms with Gasteiger partial charge in [0.2, 0.25) is 5.24 Å². The van der Waals surface area contributed by atoms with Crippen LogP contribution in [0.4, 0.5) is 0 Å². The first-order valence-corrected chi connectivity index (χ1v) is 12.9. The SMILES string of the molecule is CCCCCCCCCCC[C@@](CCCCCCCCCCC(=O)O)(C(=O)O)C(=O)Cl. The first kappa shape index (κ1) is 29.9. The molecular formula is C25H45ClO5. The minimum absolute atomic E-state index is 0.239. The van der Waals surface area contributed by atoms with E-state index in [4.69, 9.17) is 16.7 Å². The predicted molar refractivity (Wildman–Crippen MR) is 127 cm³/mol. The van der Waals surface area contributed by atoms with Crippen molar-refractivity contribution < 1.29 is 24.6 Å². The summed E-state index contributed by atoms with van der Waals surface area (Å²) in [5.41, 5.74) is -1.43. The average Bonchev–Trinajstić information content (AvgIpc) is 2.71. The monoisotopic (exact) mass is 460 g/mol. The van der Waals surface area contributed by atoms with E-state index < -0.39 is 22.6 Å². The molecule has 0 aromatic rings. The minimum atomic E-state index is -1.43. The van der Waals surface area contributed by atoms with Crippen LogP contribution in [-0.2, 0) is 14.4 Å². The zero-order chi connectivity index (χ0) is 23.4. The van der Waals surface area contributed by atoms with Crippen LogP contribution >= 0.6 is 11.6 Å². The molecule has 182 valence electrons. The first-order valence-electron chi connectivity index (χ1n) is 12.5. The maximum absolute atomic E-state index is 12.0. The molecule has 0 unspecified atom stereocenters. The Labute approximate surface area is 194 Å². The number of rotatable bonds is 23. The second-order valence-electron chi connectivity index (χ2n) is 8.96. The fourth-order valence-corrected chi connectivity index (χ4v) is 4.39. The van der Waals surface area contributed by atoms with Crippen molar-refractivity contribution in [2.75, 3.05) is 0 Å². The molecule has 0 radical (unpaired) electrons. The van der Waals surface area contributed by atoms with E-state index in [-0.39, 0.29) is 6.42 Å². The van der Waals surface area contributed by atoms with Crippen molar-refractivity contribution in [2.24, 2.45) is 5.41 Å². The lowest BCUT2D eigenvalue weighted by Crippen LogP contribution is -2.37. The van der Waals surface area contributed by atoms with Crippen LogP contribution < -0.4 is 0 Å². The van der Waals surface area contributed by atoms with E-state index in [1.54, 1.807) is 0 Å². The number of hydrogen-bond acceptors (Lipinski definition) is 3. The van der Waals surface area contributed by atoms with Gasteiger partial charge in [-0.2, -0.15) is 0 Å². The molecule has 0 aliphatic carbocycles. The van der Waals surface area contributed by atoms with Crippen LogP contribution in [0.2, 0.25) is 0 Å². The van der Waals surface area contributed by atoms with Gasteiger partial charge < -0.3 is 10.2 Å². The Morgan fingerprint density at radius 1 is 0.613 bits per heavy atom. The Bertz CT molecular complexity index is 478. The number of carbonyl (C=O) groups excluding carboxylic acids is 1. The molecule has 0 rings (SSSR count). The number of carboxylic acid groups (broad SMARTS) is 2. The van der Waals surface area contributed by atoms with Crippen molar-refractivity contribution in [1.82, 2.24) is 0 Å². The molecular weight excluding hydrogens is 416 g/mol. The maximum Gasteiger partial charge on any atom is 0.318 e. The number of hydrogen-bond donors (Lipinski definition) is 2. The molecule has 2 N–H and O–H groups in total. The second-order valence-corrected chi connectivity index (χ2v) is 9.30. The molecule has 0 fully saturated rings. The molecule has 0 saturated heterocycles. The Hall–Kier alpha value is -1.10. The Balaban J connectivity index is 4.04. The van der Waals surface area contributed by atoms with Crippen LogP contribution in [0.1, 0.15) is 135 Å². The van der Waals surface area contributed by atoms with Crippen molar-refractivity contribution in [2.45, 2.75) is 135 Å². The third kappa shape index (κ3) is 15.4. The van der Waals surface area contributed by atoms with Gasteiger partial charge in [-0.1, -0.05) is 110 Å². The van der Waals surface area contributed by atoms with Gasteiger partial charge in [0, 0.05) is 6.42 Å². The van der Waals surface area contributed by atoms with E-state index in [1.807, 2.05) is 0 Å². The number of halogens is 1. The molecule has 1 atom stereocenters. The lowest BCUT2D eigenvalue weighted by molar-refractivity contribution is -0.153. The topological polar surface area (TPSA) is 91.7 Å². The quantitative estimate of drug-likeness (QED) is 0.0923. The largest absolute Gasteiger partial charge is 0.481 e. The molecule has 0 aromatic carbocycles. The Morgan fingerprint density at radius 2 is 0.968 bits per heavy atom. The summed E-state index contributed by atoms with van der Waals surface area (Å²) in [5, 5.41) is 17.6. The van der Waals surface area contributed by atoms with Crippen molar-refractivity contribution in [3.63, 3.8) is 0 Å². The van der Waals surface area contributed by atoms with Gasteiger partial charge in [0.1, 0.15) is 5.41 Å². The fraction of sp³-hybridized carbons (Fsp3) is 0.880. The number of carboxylic acids is 2. The molecule has 0 aliphatic rings. The lowest BCUT2D eigenvalue weighted by atomic mass is 9.79. The number of carbonyl (C=O) groups is 3. The van der Waals surface area contributed by atoms with Crippen LogP contribution in [0.25, 0.3) is 0 Å². The fourth-order valence-electron chi connectivity index (χ4n) is 4.12. The van der Waals surface area contributed by atoms with Gasteiger partial charge in [-0.05, 0) is 30.9 Å². The minimum Gasteiger partial charge on any atom is -0.481 e. The zero-order valence-electron chi connectivity index (χ0n) is 19.6. The van der Waals surface area contributed by atoms with Crippen molar-refractivity contribution in [3.05, 3.63) is 0 Å². The smallest absolute Gasteiger partial charge is 0.318 e. The van der Waals surface area contributed by atoms with Gasteiger partial charge in [-0.3, -0.25) is 14.4 Å². The zero-order valence-corrected chi connectivity index (χ0v) is 20.4. The van der Waals surface area contributed by atoms with Crippen LogP contribution in [0.5, 0.6) is 0 Å². The molecule has 0 aliphatic heterocycles. The van der Waals surface area contributed by atoms with E-state index in [9.17, 15) is 19.5 Å². The molecule has 6 heteroatoms. The van der Waals surface area contributed by atoms with Crippen molar-refractivity contribution in [3.8, 4) is 0 Å². The van der Waals surface area contributed by atoms with Gasteiger partial charge in [-0.25, -0.2) is 0 Å². The van der Waals surface area contributed by atoms with E-state index in [2.05, 4.69) is 6.92 Å². The predicted octanol–water partition coefficient (Wildman–Crippen LogP) is 7.73. The molecule has 0 heterocycles. The lowest BCUT2D eigenvalue weighted by Gasteiger charge is -2.25. The summed E-state index contributed by atoms with van der Waals surface area (Å²) >= 11 is 5.78. The van der Waals surface area contributed by atoms with Gasteiger partial charge in [0.05, 0.1) is 0 Å². The summed E-state index contributed by atoms with van der Waals surface area (Å²) in [4.78, 5) is 34.4. The summed E-state index contributed by atoms with van der Waals surface area (Å²) < 4.78 is 0. The molecule has 31 heavy (non-hydrogen) atoms. The van der Waals surface area contributed by atoms with Gasteiger partial charge in [-0.15, -0.1) is 0 Å². The Morgan fingerprint density at radius 3 is 1.29 bits per heavy atom. The van der Waals surface area contributed by atoms with Crippen LogP contribution in [0.15, 0.2) is 0 Å². The van der Waals surface area contributed by atoms with E-state index in [0.29, 0.717) is 19.3 Å². The highest BCUT2D eigenvalue weighted by atomic mass is 35.5. The van der Waals surface area contributed by atoms with E-state index >= 15 is 0 Å². The summed E-state index contributed by atoms with van der Waals surface area (Å²) in [6, 6.07) is 0. The molecule has 5 nitrogen and oxygen atoms in total. The third-order valence-corrected chi connectivity index (χ3v) is 6.60. The van der Waals surface area contributed by atoms with Gasteiger partial charge in [0.25, 0.3) is 0 Å². The van der Waals surface area contributed by atoms with Gasteiger partial charge in [0.15, 0.2) is 0 Å². The summed E-state index contributed by atoms with van der Waals surface area (Å²) in [7, 11) is 0. The van der Waals surface area contributed by atoms with Crippen LogP contribution in [0, 0.1) is 5.41 Å². The summed E-state index contributed by atoms with van der Waals surface area (Å²) in [5.74, 6) is -1.82.